The fourth-order valence-corrected chi connectivity index (χ4v) is 1.85. The summed E-state index contributed by atoms with van der Waals surface area (Å²) >= 11 is 0. The minimum Gasteiger partial charge on any atom is -0.354 e. The van der Waals surface area contributed by atoms with Crippen molar-refractivity contribution in [2.75, 3.05) is 22.5 Å². The van der Waals surface area contributed by atoms with E-state index in [2.05, 4.69) is 25.9 Å². The Kier molecular flexibility index (Phi) is 5.62. The summed E-state index contributed by atoms with van der Waals surface area (Å²) in [5.41, 5.74) is 1.55. The predicted octanol–water partition coefficient (Wildman–Crippen LogP) is 2.51. The number of rotatable bonds is 6. The van der Waals surface area contributed by atoms with Crippen molar-refractivity contribution in [3.63, 3.8) is 0 Å². The first kappa shape index (κ1) is 16.4. The molecule has 0 radical (unpaired) electrons. The Bertz CT molecular complexity index is 685. The number of nitrogens with zero attached hydrogens (tertiary/aromatic N) is 2. The van der Waals surface area contributed by atoms with Crippen molar-refractivity contribution in [3.8, 4) is 0 Å². The van der Waals surface area contributed by atoms with Gasteiger partial charge in [0.1, 0.15) is 0 Å². The molecule has 23 heavy (non-hydrogen) atoms. The molecule has 2 amide bonds. The lowest BCUT2D eigenvalue weighted by molar-refractivity contribution is -0.114. The molecule has 2 rings (SSSR count). The smallest absolute Gasteiger partial charge is 0.258 e. The van der Waals surface area contributed by atoms with Crippen LogP contribution in [0.15, 0.2) is 36.7 Å². The third-order valence-corrected chi connectivity index (χ3v) is 2.89. The van der Waals surface area contributed by atoms with Gasteiger partial charge in [-0.15, -0.1) is 0 Å². The van der Waals surface area contributed by atoms with E-state index in [9.17, 15) is 9.59 Å². The second kappa shape index (κ2) is 7.88. The maximum atomic E-state index is 12.2. The Morgan fingerprint density at radius 3 is 2.35 bits per heavy atom. The largest absolute Gasteiger partial charge is 0.354 e. The molecule has 7 nitrogen and oxygen atoms in total. The molecular formula is C16H19N5O2. The molecule has 0 aliphatic rings. The van der Waals surface area contributed by atoms with E-state index in [1.54, 1.807) is 24.3 Å². The zero-order valence-corrected chi connectivity index (χ0v) is 13.1. The Balaban J connectivity index is 2.02. The predicted molar refractivity (Wildman–Crippen MR) is 89.5 cm³/mol. The van der Waals surface area contributed by atoms with Crippen LogP contribution < -0.4 is 16.0 Å². The third kappa shape index (κ3) is 5.06. The molecule has 0 unspecified atom stereocenters. The molecule has 3 N–H and O–H groups in total. The molecule has 1 aromatic carbocycles. The number of amides is 2. The van der Waals surface area contributed by atoms with E-state index in [1.807, 2.05) is 6.92 Å². The molecule has 0 saturated carbocycles. The van der Waals surface area contributed by atoms with Gasteiger partial charge in [0.2, 0.25) is 11.9 Å². The zero-order valence-electron chi connectivity index (χ0n) is 13.1. The Morgan fingerprint density at radius 1 is 1.09 bits per heavy atom. The average molecular weight is 313 g/mol. The van der Waals surface area contributed by atoms with Gasteiger partial charge in [-0.2, -0.15) is 0 Å². The Hall–Kier alpha value is -2.96. The number of carbonyl (C=O) groups is 2. The maximum Gasteiger partial charge on any atom is 0.258 e. The number of nitrogens with one attached hydrogen (secondary N) is 3. The van der Waals surface area contributed by atoms with Crippen LogP contribution in [0.25, 0.3) is 0 Å². The van der Waals surface area contributed by atoms with Gasteiger partial charge in [-0.05, 0) is 24.6 Å². The first-order valence-corrected chi connectivity index (χ1v) is 7.33. The lowest BCUT2D eigenvalue weighted by Gasteiger charge is -2.08. The highest BCUT2D eigenvalue weighted by molar-refractivity contribution is 6.04. The summed E-state index contributed by atoms with van der Waals surface area (Å²) in [5, 5.41) is 8.45. The highest BCUT2D eigenvalue weighted by Crippen LogP contribution is 2.16. The van der Waals surface area contributed by atoms with Crippen molar-refractivity contribution >= 4 is 29.1 Å². The lowest BCUT2D eigenvalue weighted by atomic mass is 10.2. The first-order chi connectivity index (χ1) is 11.1. The van der Waals surface area contributed by atoms with Crippen LogP contribution in [0.3, 0.4) is 0 Å². The Morgan fingerprint density at radius 2 is 1.74 bits per heavy atom. The number of carbonyl (C=O) groups excluding carboxylic acids is 2. The monoisotopic (exact) mass is 313 g/mol. The van der Waals surface area contributed by atoms with Crippen LogP contribution >= 0.6 is 0 Å². The molecule has 1 aromatic heterocycles. The second-order valence-corrected chi connectivity index (χ2v) is 4.94. The van der Waals surface area contributed by atoms with Crippen LogP contribution in [0.5, 0.6) is 0 Å². The van der Waals surface area contributed by atoms with Gasteiger partial charge in [0.05, 0.1) is 5.56 Å². The van der Waals surface area contributed by atoms with Crippen LogP contribution in [-0.2, 0) is 4.79 Å². The number of hydrogen-bond acceptors (Lipinski definition) is 5. The molecule has 0 atom stereocenters. The fourth-order valence-electron chi connectivity index (χ4n) is 1.85. The lowest BCUT2D eigenvalue weighted by Crippen LogP contribution is -2.14. The third-order valence-electron chi connectivity index (χ3n) is 2.89. The molecule has 0 aliphatic carbocycles. The van der Waals surface area contributed by atoms with E-state index in [0.717, 1.165) is 13.0 Å². The van der Waals surface area contributed by atoms with Crippen LogP contribution in [0.1, 0.15) is 30.6 Å². The van der Waals surface area contributed by atoms with Gasteiger partial charge in [-0.3, -0.25) is 9.59 Å². The van der Waals surface area contributed by atoms with Gasteiger partial charge in [-0.25, -0.2) is 9.97 Å². The topological polar surface area (TPSA) is 96.0 Å². The van der Waals surface area contributed by atoms with Gasteiger partial charge in [-0.1, -0.05) is 13.0 Å². The van der Waals surface area contributed by atoms with E-state index < -0.39 is 0 Å². The summed E-state index contributed by atoms with van der Waals surface area (Å²) < 4.78 is 0. The van der Waals surface area contributed by atoms with E-state index in [1.165, 1.54) is 19.3 Å². The number of hydrogen-bond donors (Lipinski definition) is 3. The van der Waals surface area contributed by atoms with Crippen molar-refractivity contribution in [3.05, 3.63) is 42.2 Å². The molecule has 7 heteroatoms. The summed E-state index contributed by atoms with van der Waals surface area (Å²) in [5.74, 6) is 0.0140. The molecule has 1 heterocycles. The summed E-state index contributed by atoms with van der Waals surface area (Å²) in [6, 6.07) is 6.90. The van der Waals surface area contributed by atoms with Gasteiger partial charge >= 0.3 is 0 Å². The van der Waals surface area contributed by atoms with Crippen molar-refractivity contribution in [1.29, 1.82) is 0 Å². The minimum absolute atomic E-state index is 0.169. The molecular weight excluding hydrogens is 294 g/mol. The number of benzene rings is 1. The van der Waals surface area contributed by atoms with Gasteiger partial charge in [0.25, 0.3) is 5.91 Å². The summed E-state index contributed by atoms with van der Waals surface area (Å²) in [6.07, 6.45) is 3.91. The van der Waals surface area contributed by atoms with E-state index in [-0.39, 0.29) is 11.8 Å². The van der Waals surface area contributed by atoms with Crippen molar-refractivity contribution in [2.45, 2.75) is 20.3 Å². The maximum absolute atomic E-state index is 12.2. The number of aromatic nitrogens is 2. The molecule has 0 spiro atoms. The minimum atomic E-state index is -0.313. The van der Waals surface area contributed by atoms with Gasteiger partial charge in [0, 0.05) is 37.2 Å². The molecule has 0 aliphatic heterocycles. The van der Waals surface area contributed by atoms with E-state index in [4.69, 9.17) is 0 Å². The van der Waals surface area contributed by atoms with Crippen LogP contribution in [0.2, 0.25) is 0 Å². The second-order valence-electron chi connectivity index (χ2n) is 4.94. The molecule has 0 fully saturated rings. The van der Waals surface area contributed by atoms with Gasteiger partial charge in [0.15, 0.2) is 0 Å². The zero-order chi connectivity index (χ0) is 16.7. The molecule has 0 saturated heterocycles. The summed E-state index contributed by atoms with van der Waals surface area (Å²) in [7, 11) is 0. The van der Waals surface area contributed by atoms with Crippen LogP contribution in [0.4, 0.5) is 17.3 Å². The quantitative estimate of drug-likeness (QED) is 0.761. The molecule has 0 bridgehead atoms. The van der Waals surface area contributed by atoms with Crippen molar-refractivity contribution in [1.82, 2.24) is 9.97 Å². The standard InChI is InChI=1S/C16H19N5O2/c1-3-7-17-16-18-9-12(10-19-16)15(23)21-14-6-4-5-13(8-14)20-11(2)22/h4-6,8-10H,3,7H2,1-2H3,(H,20,22)(H,21,23)(H,17,18,19). The SMILES string of the molecule is CCCNc1ncc(C(=O)Nc2cccc(NC(C)=O)c2)cn1. The van der Waals surface area contributed by atoms with E-state index in [0.29, 0.717) is 22.9 Å². The van der Waals surface area contributed by atoms with E-state index >= 15 is 0 Å². The summed E-state index contributed by atoms with van der Waals surface area (Å²) in [6.45, 7) is 4.25. The molecule has 120 valence electrons. The molecule has 2 aromatic rings. The fraction of sp³-hybridized carbons (Fsp3) is 0.250. The average Bonchev–Trinajstić information content (AvgIpc) is 2.53. The highest BCUT2D eigenvalue weighted by atomic mass is 16.2. The highest BCUT2D eigenvalue weighted by Gasteiger charge is 2.08. The van der Waals surface area contributed by atoms with Crippen LogP contribution in [-0.4, -0.2) is 28.3 Å². The Labute approximate surface area is 134 Å². The first-order valence-electron chi connectivity index (χ1n) is 7.33. The number of anilines is 3. The van der Waals surface area contributed by atoms with Crippen molar-refractivity contribution < 1.29 is 9.59 Å². The normalized spacial score (nSPS) is 10.0. The van der Waals surface area contributed by atoms with Gasteiger partial charge < -0.3 is 16.0 Å². The van der Waals surface area contributed by atoms with Crippen molar-refractivity contribution in [2.24, 2.45) is 0 Å². The van der Waals surface area contributed by atoms with Crippen LogP contribution in [0, 0.1) is 0 Å². The summed E-state index contributed by atoms with van der Waals surface area (Å²) in [4.78, 5) is 31.4.